The first-order valence-corrected chi connectivity index (χ1v) is 8.82. The number of fused-ring (bicyclic) bond motifs is 1. The van der Waals surface area contributed by atoms with Crippen LogP contribution in [0.2, 0.25) is 0 Å². The molecule has 0 unspecified atom stereocenters. The normalized spacial score (nSPS) is 11.1. The second-order valence-corrected chi connectivity index (χ2v) is 6.61. The quantitative estimate of drug-likeness (QED) is 0.483. The monoisotopic (exact) mass is 359 g/mol. The lowest BCUT2D eigenvalue weighted by Crippen LogP contribution is -1.99. The smallest absolute Gasteiger partial charge is 0.230 e. The van der Waals surface area contributed by atoms with Crippen molar-refractivity contribution in [3.8, 4) is 11.6 Å². The van der Waals surface area contributed by atoms with E-state index in [-0.39, 0.29) is 0 Å². The maximum Gasteiger partial charge on any atom is 0.230 e. The highest BCUT2D eigenvalue weighted by atomic mass is 16.5. The average Bonchev–Trinajstić information content (AvgIpc) is 3.05. The van der Waals surface area contributed by atoms with Gasteiger partial charge < -0.3 is 20.4 Å². The predicted octanol–water partition coefficient (Wildman–Crippen LogP) is 5.13. The number of nitrogens with two attached hydrogens (primary N) is 1. The molecule has 6 nitrogen and oxygen atoms in total. The summed E-state index contributed by atoms with van der Waals surface area (Å²) in [5.41, 5.74) is 8.48. The summed E-state index contributed by atoms with van der Waals surface area (Å²) in [5.74, 6) is 1.65. The maximum atomic E-state index is 5.93. The minimum Gasteiger partial charge on any atom is -0.439 e. The van der Waals surface area contributed by atoms with Gasteiger partial charge in [-0.2, -0.15) is 4.98 Å². The van der Waals surface area contributed by atoms with E-state index in [1.165, 1.54) is 5.52 Å². The van der Waals surface area contributed by atoms with Crippen molar-refractivity contribution in [3.05, 3.63) is 67.0 Å². The Morgan fingerprint density at radius 3 is 2.78 bits per heavy atom. The number of ether oxygens (including phenoxy) is 1. The summed E-state index contributed by atoms with van der Waals surface area (Å²) in [5, 5.41) is 4.26. The van der Waals surface area contributed by atoms with Crippen molar-refractivity contribution in [3.63, 3.8) is 0 Å². The highest BCUT2D eigenvalue weighted by molar-refractivity contribution is 5.82. The number of benzene rings is 2. The van der Waals surface area contributed by atoms with E-state index in [0.717, 1.165) is 16.8 Å². The van der Waals surface area contributed by atoms with Gasteiger partial charge in [0.2, 0.25) is 11.8 Å². The van der Waals surface area contributed by atoms with Gasteiger partial charge in [0.25, 0.3) is 0 Å². The summed E-state index contributed by atoms with van der Waals surface area (Å²) in [6.07, 6.45) is 3.75. The van der Waals surface area contributed by atoms with E-state index in [4.69, 9.17) is 10.5 Å². The molecular weight excluding hydrogens is 338 g/mol. The van der Waals surface area contributed by atoms with Crippen LogP contribution in [0.15, 0.2) is 67.0 Å². The standard InChI is InChI=1S/C21H21N5O/c1-14(2)26-11-9-15-12-18(6-7-19(15)26)27-20-8-10-23-21(25-20)24-17-5-3-4-16(22)13-17/h3-14H,22H2,1-2H3,(H,23,24,25). The number of hydrogen-bond acceptors (Lipinski definition) is 5. The van der Waals surface area contributed by atoms with Crippen LogP contribution in [0.4, 0.5) is 17.3 Å². The fourth-order valence-electron chi connectivity index (χ4n) is 2.98. The molecule has 0 radical (unpaired) electrons. The van der Waals surface area contributed by atoms with E-state index in [1.54, 1.807) is 12.3 Å². The van der Waals surface area contributed by atoms with Gasteiger partial charge in [0.05, 0.1) is 0 Å². The van der Waals surface area contributed by atoms with Crippen LogP contribution in [0.5, 0.6) is 11.6 Å². The Labute approximate surface area is 157 Å². The van der Waals surface area contributed by atoms with E-state index in [1.807, 2.05) is 36.4 Å². The van der Waals surface area contributed by atoms with Crippen molar-refractivity contribution in [1.29, 1.82) is 0 Å². The van der Waals surface area contributed by atoms with Crippen LogP contribution in [0.3, 0.4) is 0 Å². The highest BCUT2D eigenvalue weighted by Gasteiger charge is 2.07. The molecule has 136 valence electrons. The van der Waals surface area contributed by atoms with Gasteiger partial charge >= 0.3 is 0 Å². The third-order valence-electron chi connectivity index (χ3n) is 4.24. The molecule has 0 aliphatic heterocycles. The van der Waals surface area contributed by atoms with Crippen molar-refractivity contribution in [2.24, 2.45) is 0 Å². The van der Waals surface area contributed by atoms with E-state index >= 15 is 0 Å². The molecule has 0 bridgehead atoms. The molecule has 0 aliphatic rings. The van der Waals surface area contributed by atoms with Crippen LogP contribution in [0.1, 0.15) is 19.9 Å². The Morgan fingerprint density at radius 1 is 1.07 bits per heavy atom. The van der Waals surface area contributed by atoms with E-state index in [9.17, 15) is 0 Å². The molecule has 0 spiro atoms. The lowest BCUT2D eigenvalue weighted by Gasteiger charge is -2.10. The minimum atomic E-state index is 0.414. The third-order valence-corrected chi connectivity index (χ3v) is 4.24. The molecule has 4 rings (SSSR count). The summed E-state index contributed by atoms with van der Waals surface area (Å²) in [6, 6.07) is 17.7. The van der Waals surface area contributed by atoms with Crippen molar-refractivity contribution < 1.29 is 4.74 Å². The number of hydrogen-bond donors (Lipinski definition) is 2. The van der Waals surface area contributed by atoms with Crippen LogP contribution >= 0.6 is 0 Å². The van der Waals surface area contributed by atoms with Gasteiger partial charge in [-0.3, -0.25) is 0 Å². The summed E-state index contributed by atoms with van der Waals surface area (Å²) >= 11 is 0. The fourth-order valence-corrected chi connectivity index (χ4v) is 2.98. The van der Waals surface area contributed by atoms with Crippen LogP contribution in [0.25, 0.3) is 10.9 Å². The Kier molecular flexibility index (Phi) is 4.38. The number of nitrogen functional groups attached to an aromatic ring is 1. The first-order chi connectivity index (χ1) is 13.1. The van der Waals surface area contributed by atoms with E-state index in [0.29, 0.717) is 23.6 Å². The van der Waals surface area contributed by atoms with Gasteiger partial charge in [-0.25, -0.2) is 4.98 Å². The number of nitrogens with zero attached hydrogens (tertiary/aromatic N) is 3. The van der Waals surface area contributed by atoms with Crippen LogP contribution in [0, 0.1) is 0 Å². The molecule has 0 fully saturated rings. The maximum absolute atomic E-state index is 5.93. The van der Waals surface area contributed by atoms with Gasteiger partial charge in [-0.05, 0) is 56.3 Å². The molecule has 0 saturated carbocycles. The summed E-state index contributed by atoms with van der Waals surface area (Å²) in [7, 11) is 0. The van der Waals surface area contributed by atoms with Gasteiger partial charge in [-0.1, -0.05) is 6.07 Å². The fraction of sp³-hybridized carbons (Fsp3) is 0.143. The zero-order chi connectivity index (χ0) is 18.8. The zero-order valence-corrected chi connectivity index (χ0v) is 15.3. The molecular formula is C21H21N5O. The van der Waals surface area contributed by atoms with Crippen LogP contribution in [-0.4, -0.2) is 14.5 Å². The zero-order valence-electron chi connectivity index (χ0n) is 15.3. The molecule has 0 amide bonds. The van der Waals surface area contributed by atoms with E-state index < -0.39 is 0 Å². The van der Waals surface area contributed by atoms with Crippen molar-refractivity contribution >= 4 is 28.2 Å². The molecule has 2 heterocycles. The Morgan fingerprint density at radius 2 is 1.96 bits per heavy atom. The van der Waals surface area contributed by atoms with Gasteiger partial charge in [0, 0.05) is 46.8 Å². The number of nitrogens with one attached hydrogen (secondary N) is 1. The lowest BCUT2D eigenvalue weighted by molar-refractivity contribution is 0.463. The Bertz CT molecular complexity index is 1090. The predicted molar refractivity (Wildman–Crippen MR) is 109 cm³/mol. The molecule has 2 aromatic heterocycles. The second-order valence-electron chi connectivity index (χ2n) is 6.61. The Hall–Kier alpha value is -3.54. The first kappa shape index (κ1) is 16.9. The molecule has 6 heteroatoms. The summed E-state index contributed by atoms with van der Waals surface area (Å²) < 4.78 is 8.17. The van der Waals surface area contributed by atoms with Gasteiger partial charge in [0.1, 0.15) is 5.75 Å². The lowest BCUT2D eigenvalue weighted by atomic mass is 10.2. The van der Waals surface area contributed by atoms with Crippen molar-refractivity contribution in [2.75, 3.05) is 11.1 Å². The number of aromatic nitrogens is 3. The molecule has 0 aliphatic carbocycles. The number of anilines is 3. The van der Waals surface area contributed by atoms with Gasteiger partial charge in [-0.15, -0.1) is 0 Å². The van der Waals surface area contributed by atoms with Crippen molar-refractivity contribution in [2.45, 2.75) is 19.9 Å². The average molecular weight is 359 g/mol. The van der Waals surface area contributed by atoms with Crippen molar-refractivity contribution in [1.82, 2.24) is 14.5 Å². The van der Waals surface area contributed by atoms with Crippen LogP contribution in [-0.2, 0) is 0 Å². The molecule has 3 N–H and O–H groups in total. The first-order valence-electron chi connectivity index (χ1n) is 8.82. The summed E-state index contributed by atoms with van der Waals surface area (Å²) in [6.45, 7) is 4.33. The minimum absolute atomic E-state index is 0.414. The number of rotatable bonds is 5. The largest absolute Gasteiger partial charge is 0.439 e. The van der Waals surface area contributed by atoms with Crippen LogP contribution < -0.4 is 15.8 Å². The molecule has 27 heavy (non-hydrogen) atoms. The highest BCUT2D eigenvalue weighted by Crippen LogP contribution is 2.27. The van der Waals surface area contributed by atoms with Gasteiger partial charge in [0.15, 0.2) is 0 Å². The van der Waals surface area contributed by atoms with E-state index in [2.05, 4.69) is 52.0 Å². The SMILES string of the molecule is CC(C)n1ccc2cc(Oc3ccnc(Nc4cccc(N)c4)n3)ccc21. The molecule has 0 atom stereocenters. The summed E-state index contributed by atoms with van der Waals surface area (Å²) in [4.78, 5) is 8.65. The third kappa shape index (κ3) is 3.69. The Balaban J connectivity index is 1.55. The molecule has 4 aromatic rings. The molecule has 0 saturated heterocycles. The topological polar surface area (TPSA) is 78.0 Å². The molecule has 2 aromatic carbocycles. The second kappa shape index (κ2) is 6.99.